The number of likely N-dealkylation sites (N-methyl/N-ethyl adjacent to an activating group) is 1. The van der Waals surface area contributed by atoms with Gasteiger partial charge >= 0.3 is 0 Å². The Labute approximate surface area is 132 Å². The van der Waals surface area contributed by atoms with Crippen LogP contribution in [0.25, 0.3) is 0 Å². The summed E-state index contributed by atoms with van der Waals surface area (Å²) >= 11 is 0. The van der Waals surface area contributed by atoms with Crippen molar-refractivity contribution >= 4 is 15.9 Å². The molecule has 0 radical (unpaired) electrons. The Morgan fingerprint density at radius 1 is 1.18 bits per heavy atom. The molecule has 2 rings (SSSR count). The minimum absolute atomic E-state index is 0.146. The smallest absolute Gasteiger partial charge is 0.243 e. The average Bonchev–Trinajstić information content (AvgIpc) is 2.48. The van der Waals surface area contributed by atoms with Crippen LogP contribution in [0.2, 0.25) is 0 Å². The first-order chi connectivity index (χ1) is 10.4. The second kappa shape index (κ2) is 7.24. The Bertz CT molecular complexity index is 605. The molecule has 1 saturated carbocycles. The molecule has 1 aromatic rings. The summed E-state index contributed by atoms with van der Waals surface area (Å²) in [4.78, 5) is 12.3. The van der Waals surface area contributed by atoms with Crippen molar-refractivity contribution in [2.24, 2.45) is 0 Å². The molecule has 0 aromatic heterocycles. The molecule has 6 heteroatoms. The van der Waals surface area contributed by atoms with E-state index in [1.807, 2.05) is 6.92 Å². The van der Waals surface area contributed by atoms with E-state index in [1.165, 1.54) is 13.5 Å². The predicted molar refractivity (Wildman–Crippen MR) is 86.0 cm³/mol. The summed E-state index contributed by atoms with van der Waals surface area (Å²) in [7, 11) is -2.18. The number of carbonyl (C=O) groups is 1. The van der Waals surface area contributed by atoms with Gasteiger partial charge in [-0.15, -0.1) is 0 Å². The lowest BCUT2D eigenvalue weighted by molar-refractivity contribution is -0.122. The van der Waals surface area contributed by atoms with E-state index in [1.54, 1.807) is 24.3 Å². The van der Waals surface area contributed by atoms with Crippen LogP contribution >= 0.6 is 0 Å². The highest BCUT2D eigenvalue weighted by Gasteiger charge is 2.24. The van der Waals surface area contributed by atoms with E-state index < -0.39 is 10.0 Å². The molecule has 1 aliphatic carbocycles. The summed E-state index contributed by atoms with van der Waals surface area (Å²) in [6.07, 6.45) is 5.44. The minimum Gasteiger partial charge on any atom is -0.352 e. The van der Waals surface area contributed by atoms with Crippen LogP contribution in [-0.4, -0.2) is 38.3 Å². The van der Waals surface area contributed by atoms with Gasteiger partial charge in [-0.25, -0.2) is 8.42 Å². The first-order valence-corrected chi connectivity index (χ1v) is 9.16. The fourth-order valence-electron chi connectivity index (χ4n) is 2.70. The van der Waals surface area contributed by atoms with Crippen molar-refractivity contribution in [3.8, 4) is 0 Å². The van der Waals surface area contributed by atoms with Gasteiger partial charge in [0.05, 0.1) is 11.4 Å². The summed E-state index contributed by atoms with van der Waals surface area (Å²) in [5.41, 5.74) is 0.997. The molecule has 22 heavy (non-hydrogen) atoms. The number of amides is 1. The first kappa shape index (κ1) is 17.0. The van der Waals surface area contributed by atoms with Crippen LogP contribution in [0.1, 0.15) is 37.7 Å². The van der Waals surface area contributed by atoms with Gasteiger partial charge in [0.2, 0.25) is 15.9 Å². The van der Waals surface area contributed by atoms with E-state index in [9.17, 15) is 13.2 Å². The maximum Gasteiger partial charge on any atom is 0.243 e. The molecule has 0 heterocycles. The van der Waals surface area contributed by atoms with Crippen molar-refractivity contribution in [3.05, 3.63) is 29.8 Å². The highest BCUT2D eigenvalue weighted by molar-refractivity contribution is 7.89. The Morgan fingerprint density at radius 3 is 2.36 bits per heavy atom. The molecule has 122 valence electrons. The Morgan fingerprint density at radius 2 is 1.77 bits per heavy atom. The van der Waals surface area contributed by atoms with Crippen LogP contribution in [0.5, 0.6) is 0 Å². The number of rotatable bonds is 5. The van der Waals surface area contributed by atoms with Gasteiger partial charge < -0.3 is 5.32 Å². The molecular formula is C16H24N2O3S. The summed E-state index contributed by atoms with van der Waals surface area (Å²) < 4.78 is 25.9. The zero-order chi connectivity index (χ0) is 16.2. The minimum atomic E-state index is -3.62. The Hall–Kier alpha value is -1.40. The third kappa shape index (κ3) is 4.30. The van der Waals surface area contributed by atoms with Gasteiger partial charge in [-0.1, -0.05) is 37.0 Å². The zero-order valence-electron chi connectivity index (χ0n) is 13.2. The average molecular weight is 324 g/mol. The van der Waals surface area contributed by atoms with Gasteiger partial charge in [0.15, 0.2) is 0 Å². The lowest BCUT2D eigenvalue weighted by Gasteiger charge is -2.24. The third-order valence-corrected chi connectivity index (χ3v) is 5.88. The van der Waals surface area contributed by atoms with Gasteiger partial charge in [-0.3, -0.25) is 4.79 Å². The fourth-order valence-corrected chi connectivity index (χ4v) is 3.82. The Kier molecular flexibility index (Phi) is 5.58. The van der Waals surface area contributed by atoms with Gasteiger partial charge in [-0.2, -0.15) is 4.31 Å². The van der Waals surface area contributed by atoms with Crippen LogP contribution in [0.4, 0.5) is 0 Å². The Balaban J connectivity index is 1.96. The van der Waals surface area contributed by atoms with Crippen LogP contribution < -0.4 is 5.32 Å². The molecule has 0 unspecified atom stereocenters. The zero-order valence-corrected chi connectivity index (χ0v) is 14.0. The highest BCUT2D eigenvalue weighted by Crippen LogP contribution is 2.18. The number of sulfonamides is 1. The van der Waals surface area contributed by atoms with Crippen LogP contribution in [0, 0.1) is 6.92 Å². The van der Waals surface area contributed by atoms with E-state index in [4.69, 9.17) is 0 Å². The number of benzene rings is 1. The van der Waals surface area contributed by atoms with Gasteiger partial charge in [-0.05, 0) is 31.9 Å². The van der Waals surface area contributed by atoms with E-state index in [0.29, 0.717) is 0 Å². The number of hydrogen-bond acceptors (Lipinski definition) is 3. The van der Waals surface area contributed by atoms with E-state index >= 15 is 0 Å². The lowest BCUT2D eigenvalue weighted by Crippen LogP contribution is -2.43. The summed E-state index contributed by atoms with van der Waals surface area (Å²) in [6, 6.07) is 6.84. The van der Waals surface area contributed by atoms with E-state index in [2.05, 4.69) is 5.32 Å². The SMILES string of the molecule is Cc1ccc(S(=O)(=O)N(C)CC(=O)NC2CCCCC2)cc1. The lowest BCUT2D eigenvalue weighted by atomic mass is 9.95. The molecule has 0 spiro atoms. The number of nitrogens with one attached hydrogen (secondary N) is 1. The molecule has 5 nitrogen and oxygen atoms in total. The predicted octanol–water partition coefficient (Wildman–Crippen LogP) is 2.06. The second-order valence-corrected chi connectivity index (χ2v) is 8.02. The van der Waals surface area contributed by atoms with E-state index in [-0.39, 0.29) is 23.4 Å². The molecule has 1 fully saturated rings. The second-order valence-electron chi connectivity index (χ2n) is 5.98. The van der Waals surface area contributed by atoms with Crippen molar-refractivity contribution in [1.82, 2.24) is 9.62 Å². The number of carbonyl (C=O) groups excluding carboxylic acids is 1. The highest BCUT2D eigenvalue weighted by atomic mass is 32.2. The maximum absolute atomic E-state index is 12.4. The van der Waals surface area contributed by atoms with E-state index in [0.717, 1.165) is 35.6 Å². The summed E-state index contributed by atoms with van der Waals surface area (Å²) in [6.45, 7) is 1.75. The van der Waals surface area contributed by atoms with Crippen molar-refractivity contribution in [2.75, 3.05) is 13.6 Å². The van der Waals surface area contributed by atoms with Crippen molar-refractivity contribution in [3.63, 3.8) is 0 Å². The quantitative estimate of drug-likeness (QED) is 0.901. The van der Waals surface area contributed by atoms with Crippen molar-refractivity contribution < 1.29 is 13.2 Å². The van der Waals surface area contributed by atoms with Gasteiger partial charge in [0.25, 0.3) is 0 Å². The molecule has 0 saturated heterocycles. The monoisotopic (exact) mass is 324 g/mol. The normalized spacial score (nSPS) is 16.7. The largest absolute Gasteiger partial charge is 0.352 e. The molecular weight excluding hydrogens is 300 g/mol. The number of hydrogen-bond donors (Lipinski definition) is 1. The summed E-state index contributed by atoms with van der Waals surface area (Å²) in [5, 5.41) is 2.94. The maximum atomic E-state index is 12.4. The first-order valence-electron chi connectivity index (χ1n) is 7.72. The molecule has 1 amide bonds. The molecule has 0 bridgehead atoms. The fraction of sp³-hybridized carbons (Fsp3) is 0.562. The third-order valence-electron chi connectivity index (χ3n) is 4.07. The molecule has 1 aliphatic rings. The number of nitrogens with zero attached hydrogens (tertiary/aromatic N) is 1. The molecule has 1 N–H and O–H groups in total. The number of aryl methyl sites for hydroxylation is 1. The molecule has 0 atom stereocenters. The van der Waals surface area contributed by atoms with Crippen LogP contribution in [0.3, 0.4) is 0 Å². The standard InChI is InChI=1S/C16H24N2O3S/c1-13-8-10-15(11-9-13)22(20,21)18(2)12-16(19)17-14-6-4-3-5-7-14/h8-11,14H,3-7,12H2,1-2H3,(H,17,19). The summed E-state index contributed by atoms with van der Waals surface area (Å²) in [5.74, 6) is -0.231. The molecule has 1 aromatic carbocycles. The van der Waals surface area contributed by atoms with Gasteiger partial charge in [0, 0.05) is 13.1 Å². The topological polar surface area (TPSA) is 66.5 Å². The van der Waals surface area contributed by atoms with Crippen molar-refractivity contribution in [2.45, 2.75) is 50.0 Å². The van der Waals surface area contributed by atoms with Crippen LogP contribution in [-0.2, 0) is 14.8 Å². The van der Waals surface area contributed by atoms with Crippen LogP contribution in [0.15, 0.2) is 29.2 Å². The van der Waals surface area contributed by atoms with Gasteiger partial charge in [0.1, 0.15) is 0 Å². The van der Waals surface area contributed by atoms with Crippen molar-refractivity contribution in [1.29, 1.82) is 0 Å². The molecule has 0 aliphatic heterocycles.